The molecule has 0 spiro atoms. The molecule has 24 heavy (non-hydrogen) atoms. The summed E-state index contributed by atoms with van der Waals surface area (Å²) in [5.74, 6) is -1.04. The minimum atomic E-state index is -0.995. The van der Waals surface area contributed by atoms with E-state index in [0.29, 0.717) is 19.3 Å². The highest BCUT2D eigenvalue weighted by Crippen LogP contribution is 2.01. The van der Waals surface area contributed by atoms with Gasteiger partial charge < -0.3 is 25.5 Å². The first-order chi connectivity index (χ1) is 11.6. The Morgan fingerprint density at radius 1 is 1.21 bits per heavy atom. The average Bonchev–Trinajstić information content (AvgIpc) is 2.60. The van der Waals surface area contributed by atoms with Crippen LogP contribution in [0, 0.1) is 0 Å². The largest absolute Gasteiger partial charge is 0.374 e. The maximum absolute atomic E-state index is 11.9. The molecule has 1 aromatic rings. The van der Waals surface area contributed by atoms with Crippen LogP contribution in [0.5, 0.6) is 0 Å². The molecule has 1 rings (SSSR count). The summed E-state index contributed by atoms with van der Waals surface area (Å²) in [6.07, 6.45) is 0.625. The molecular weight excluding hydrogens is 314 g/mol. The van der Waals surface area contributed by atoms with E-state index in [9.17, 15) is 19.2 Å². The third-order valence-corrected chi connectivity index (χ3v) is 3.14. The first kappa shape index (κ1) is 19.3. The number of carbonyl (C=O) groups excluding carboxylic acids is 4. The third kappa shape index (κ3) is 7.01. The summed E-state index contributed by atoms with van der Waals surface area (Å²) in [5.41, 5.74) is 0.948. The molecule has 0 aliphatic rings. The lowest BCUT2D eigenvalue weighted by atomic mass is 10.1. The molecule has 3 amide bonds. The number of carbonyl (C=O) groups is 4. The average molecular weight is 335 g/mol. The van der Waals surface area contributed by atoms with E-state index in [0.717, 1.165) is 5.56 Å². The second-order valence-corrected chi connectivity index (χ2v) is 4.97. The van der Waals surface area contributed by atoms with E-state index in [1.807, 2.05) is 30.3 Å². The molecular formula is C16H21N3O5. The molecule has 0 heterocycles. The van der Waals surface area contributed by atoms with Gasteiger partial charge in [-0.2, -0.15) is 0 Å². The summed E-state index contributed by atoms with van der Waals surface area (Å²) in [6, 6.07) is 7.57. The van der Waals surface area contributed by atoms with Crippen molar-refractivity contribution in [3.8, 4) is 0 Å². The van der Waals surface area contributed by atoms with Gasteiger partial charge in [0.15, 0.2) is 0 Å². The van der Waals surface area contributed by atoms with Crippen molar-refractivity contribution in [2.45, 2.75) is 25.1 Å². The number of aldehydes is 1. The summed E-state index contributed by atoms with van der Waals surface area (Å²) < 4.78 is 5.40. The topological polar surface area (TPSA) is 114 Å². The van der Waals surface area contributed by atoms with Gasteiger partial charge in [0, 0.05) is 7.05 Å². The Kier molecular flexibility index (Phi) is 8.77. The van der Waals surface area contributed by atoms with Gasteiger partial charge in [0.05, 0.1) is 19.6 Å². The van der Waals surface area contributed by atoms with Crippen molar-refractivity contribution in [2.75, 3.05) is 13.7 Å². The van der Waals surface area contributed by atoms with Gasteiger partial charge in [0.25, 0.3) is 0 Å². The van der Waals surface area contributed by atoms with Gasteiger partial charge in [-0.05, 0) is 5.56 Å². The number of hydrogen-bond donors (Lipinski definition) is 3. The van der Waals surface area contributed by atoms with Crippen LogP contribution >= 0.6 is 0 Å². The summed E-state index contributed by atoms with van der Waals surface area (Å²) in [4.78, 5) is 44.9. The van der Waals surface area contributed by atoms with E-state index in [1.54, 1.807) is 0 Å². The van der Waals surface area contributed by atoms with Crippen LogP contribution in [0.3, 0.4) is 0 Å². The monoisotopic (exact) mass is 335 g/mol. The van der Waals surface area contributed by atoms with E-state index in [-0.39, 0.29) is 13.0 Å². The van der Waals surface area contributed by atoms with Crippen molar-refractivity contribution in [2.24, 2.45) is 0 Å². The molecule has 0 saturated heterocycles. The number of hydrogen-bond acceptors (Lipinski definition) is 5. The molecule has 8 heteroatoms. The van der Waals surface area contributed by atoms with Crippen molar-refractivity contribution in [3.05, 3.63) is 35.9 Å². The molecule has 0 bridgehead atoms. The molecule has 0 saturated carbocycles. The number of rotatable bonds is 11. The molecule has 0 aromatic heterocycles. The minimum Gasteiger partial charge on any atom is -0.374 e. The van der Waals surface area contributed by atoms with Crippen LogP contribution < -0.4 is 16.0 Å². The number of ether oxygens (including phenoxy) is 1. The number of likely N-dealkylation sites (N-methyl/N-ethyl adjacent to an activating group) is 1. The Morgan fingerprint density at radius 3 is 2.50 bits per heavy atom. The maximum Gasteiger partial charge on any atom is 0.242 e. The van der Waals surface area contributed by atoms with Crippen LogP contribution in [-0.2, 0) is 30.5 Å². The summed E-state index contributed by atoms with van der Waals surface area (Å²) >= 11 is 0. The van der Waals surface area contributed by atoms with Gasteiger partial charge in [-0.25, -0.2) is 0 Å². The van der Waals surface area contributed by atoms with Crippen LogP contribution in [0.1, 0.15) is 12.0 Å². The number of amides is 3. The molecule has 3 N–H and O–H groups in total. The second-order valence-electron chi connectivity index (χ2n) is 4.97. The Hall–Kier alpha value is -2.74. The molecule has 0 aliphatic carbocycles. The molecule has 0 radical (unpaired) electrons. The van der Waals surface area contributed by atoms with Gasteiger partial charge in [0.1, 0.15) is 18.4 Å². The van der Waals surface area contributed by atoms with Crippen LogP contribution in [0.25, 0.3) is 0 Å². The predicted octanol–water partition coefficient (Wildman–Crippen LogP) is -0.862. The maximum atomic E-state index is 11.9. The molecule has 2 unspecified atom stereocenters. The van der Waals surface area contributed by atoms with Gasteiger partial charge in [-0.3, -0.25) is 14.4 Å². The Morgan fingerprint density at radius 2 is 1.92 bits per heavy atom. The quantitative estimate of drug-likeness (QED) is 0.455. The third-order valence-electron chi connectivity index (χ3n) is 3.14. The van der Waals surface area contributed by atoms with E-state index in [4.69, 9.17) is 4.74 Å². The van der Waals surface area contributed by atoms with Crippen molar-refractivity contribution in [3.63, 3.8) is 0 Å². The Balaban J connectivity index is 2.42. The van der Waals surface area contributed by atoms with E-state index >= 15 is 0 Å². The standard InChI is InChI=1S/C16H21N3O5/c1-17-16(23)14(18-11-21)7-15(22)19-13(8-20)10-24-9-12-5-3-2-4-6-12/h2-6,8,11,13-14H,7,9-10H2,1H3,(H,17,23)(H,18,21)(H,19,22). The fourth-order valence-corrected chi connectivity index (χ4v) is 1.93. The van der Waals surface area contributed by atoms with Gasteiger partial charge >= 0.3 is 0 Å². The summed E-state index contributed by atoms with van der Waals surface area (Å²) in [7, 11) is 1.39. The fourth-order valence-electron chi connectivity index (χ4n) is 1.93. The molecule has 130 valence electrons. The van der Waals surface area contributed by atoms with Crippen molar-refractivity contribution >= 4 is 24.5 Å². The highest BCUT2D eigenvalue weighted by Gasteiger charge is 2.21. The van der Waals surface area contributed by atoms with Crippen LogP contribution in [-0.4, -0.2) is 50.2 Å². The zero-order chi connectivity index (χ0) is 17.8. The highest BCUT2D eigenvalue weighted by atomic mass is 16.5. The lowest BCUT2D eigenvalue weighted by Crippen LogP contribution is -2.47. The second kappa shape index (κ2) is 10.9. The lowest BCUT2D eigenvalue weighted by Gasteiger charge is -2.17. The fraction of sp³-hybridized carbons (Fsp3) is 0.375. The molecule has 0 fully saturated rings. The van der Waals surface area contributed by atoms with E-state index < -0.39 is 23.9 Å². The van der Waals surface area contributed by atoms with Crippen LogP contribution in [0.4, 0.5) is 0 Å². The predicted molar refractivity (Wildman–Crippen MR) is 85.8 cm³/mol. The van der Waals surface area contributed by atoms with E-state index in [1.165, 1.54) is 7.05 Å². The lowest BCUT2D eigenvalue weighted by molar-refractivity contribution is -0.130. The Bertz CT molecular complexity index is 550. The zero-order valence-corrected chi connectivity index (χ0v) is 13.4. The summed E-state index contributed by atoms with van der Waals surface area (Å²) in [6.45, 7) is 0.324. The number of benzene rings is 1. The molecule has 2 atom stereocenters. The van der Waals surface area contributed by atoms with Gasteiger partial charge in [-0.1, -0.05) is 30.3 Å². The van der Waals surface area contributed by atoms with Crippen molar-refractivity contribution < 1.29 is 23.9 Å². The van der Waals surface area contributed by atoms with Crippen molar-refractivity contribution in [1.29, 1.82) is 0 Å². The van der Waals surface area contributed by atoms with Crippen LogP contribution in [0.2, 0.25) is 0 Å². The normalized spacial score (nSPS) is 12.5. The smallest absolute Gasteiger partial charge is 0.242 e. The van der Waals surface area contributed by atoms with Gasteiger partial charge in [0.2, 0.25) is 18.2 Å². The Labute approximate surface area is 139 Å². The zero-order valence-electron chi connectivity index (χ0n) is 13.4. The minimum absolute atomic E-state index is 0.00981. The summed E-state index contributed by atoms with van der Waals surface area (Å²) in [5, 5.41) is 7.04. The molecule has 8 nitrogen and oxygen atoms in total. The number of nitrogens with one attached hydrogen (secondary N) is 3. The van der Waals surface area contributed by atoms with Gasteiger partial charge in [-0.15, -0.1) is 0 Å². The highest BCUT2D eigenvalue weighted by molar-refractivity contribution is 5.90. The van der Waals surface area contributed by atoms with Crippen LogP contribution in [0.15, 0.2) is 30.3 Å². The van der Waals surface area contributed by atoms with E-state index in [2.05, 4.69) is 16.0 Å². The first-order valence-corrected chi connectivity index (χ1v) is 7.38. The van der Waals surface area contributed by atoms with Crippen molar-refractivity contribution in [1.82, 2.24) is 16.0 Å². The SMILES string of the molecule is CNC(=O)C(CC(=O)NC(C=O)COCc1ccccc1)NC=O. The molecule has 0 aliphatic heterocycles. The molecule has 1 aromatic carbocycles. The first-order valence-electron chi connectivity index (χ1n) is 7.38.